The summed E-state index contributed by atoms with van der Waals surface area (Å²) in [4.78, 5) is 15.0. The predicted molar refractivity (Wildman–Crippen MR) is 110 cm³/mol. The highest BCUT2D eigenvalue weighted by Crippen LogP contribution is 2.21. The SMILES string of the molecule is CCOC1CCN(Cc2ccc(C(=O)Nc3c(C)cccc3C)cc2)CC1. The number of para-hydroxylation sites is 1. The molecule has 0 spiro atoms. The van der Waals surface area contributed by atoms with Gasteiger partial charge in [0.2, 0.25) is 0 Å². The van der Waals surface area contributed by atoms with Gasteiger partial charge in [0.05, 0.1) is 6.10 Å². The molecule has 27 heavy (non-hydrogen) atoms. The Hall–Kier alpha value is -2.17. The Balaban J connectivity index is 1.56. The Morgan fingerprint density at radius 2 is 1.70 bits per heavy atom. The molecule has 4 nitrogen and oxygen atoms in total. The van der Waals surface area contributed by atoms with E-state index >= 15 is 0 Å². The van der Waals surface area contributed by atoms with Crippen LogP contribution in [0.2, 0.25) is 0 Å². The summed E-state index contributed by atoms with van der Waals surface area (Å²) in [5, 5.41) is 3.05. The number of amides is 1. The van der Waals surface area contributed by atoms with Crippen molar-refractivity contribution in [1.29, 1.82) is 0 Å². The fraction of sp³-hybridized carbons (Fsp3) is 0.435. The van der Waals surface area contributed by atoms with Crippen LogP contribution >= 0.6 is 0 Å². The smallest absolute Gasteiger partial charge is 0.255 e. The minimum Gasteiger partial charge on any atom is -0.378 e. The van der Waals surface area contributed by atoms with Crippen molar-refractivity contribution in [2.45, 2.75) is 46.3 Å². The summed E-state index contributed by atoms with van der Waals surface area (Å²) in [6.07, 6.45) is 2.62. The van der Waals surface area contributed by atoms with Gasteiger partial charge in [0.15, 0.2) is 0 Å². The van der Waals surface area contributed by atoms with Gasteiger partial charge in [-0.2, -0.15) is 0 Å². The van der Waals surface area contributed by atoms with E-state index in [2.05, 4.69) is 29.3 Å². The number of aryl methyl sites for hydroxylation is 2. The molecule has 0 unspecified atom stereocenters. The van der Waals surface area contributed by atoms with Gasteiger partial charge in [0.1, 0.15) is 0 Å². The van der Waals surface area contributed by atoms with Crippen LogP contribution < -0.4 is 5.32 Å². The number of hydrogen-bond donors (Lipinski definition) is 1. The molecule has 3 rings (SSSR count). The van der Waals surface area contributed by atoms with Gasteiger partial charge in [-0.15, -0.1) is 0 Å². The number of likely N-dealkylation sites (tertiary alicyclic amines) is 1. The molecule has 1 N–H and O–H groups in total. The van der Waals surface area contributed by atoms with E-state index in [1.807, 2.05) is 44.2 Å². The molecule has 0 aliphatic carbocycles. The van der Waals surface area contributed by atoms with Crippen molar-refractivity contribution < 1.29 is 9.53 Å². The zero-order chi connectivity index (χ0) is 19.2. The maximum absolute atomic E-state index is 12.6. The maximum Gasteiger partial charge on any atom is 0.255 e. The Morgan fingerprint density at radius 1 is 1.07 bits per heavy atom. The molecule has 1 amide bonds. The van der Waals surface area contributed by atoms with E-state index in [9.17, 15) is 4.79 Å². The summed E-state index contributed by atoms with van der Waals surface area (Å²) in [6, 6.07) is 14.0. The summed E-state index contributed by atoms with van der Waals surface area (Å²) in [5.74, 6) is -0.0588. The van der Waals surface area contributed by atoms with Gasteiger partial charge in [-0.25, -0.2) is 0 Å². The van der Waals surface area contributed by atoms with Gasteiger partial charge in [-0.3, -0.25) is 9.69 Å². The van der Waals surface area contributed by atoms with Crippen LogP contribution in [0, 0.1) is 13.8 Å². The quantitative estimate of drug-likeness (QED) is 0.815. The number of benzene rings is 2. The molecule has 0 radical (unpaired) electrons. The zero-order valence-electron chi connectivity index (χ0n) is 16.6. The standard InChI is InChI=1S/C23H30N2O2/c1-4-27-21-12-14-25(15-13-21)16-19-8-10-20(11-9-19)23(26)24-22-17(2)6-5-7-18(22)3/h5-11,21H,4,12-16H2,1-3H3,(H,24,26). The average molecular weight is 367 g/mol. The molecule has 1 aliphatic heterocycles. The highest BCUT2D eigenvalue weighted by atomic mass is 16.5. The highest BCUT2D eigenvalue weighted by molar-refractivity contribution is 6.05. The topological polar surface area (TPSA) is 41.6 Å². The first kappa shape index (κ1) is 19.6. The number of piperidine rings is 1. The monoisotopic (exact) mass is 366 g/mol. The highest BCUT2D eigenvalue weighted by Gasteiger charge is 2.19. The Labute approximate surface area is 162 Å². The van der Waals surface area contributed by atoms with Crippen LogP contribution in [0.4, 0.5) is 5.69 Å². The van der Waals surface area contributed by atoms with Crippen molar-refractivity contribution in [1.82, 2.24) is 4.90 Å². The van der Waals surface area contributed by atoms with Crippen LogP contribution in [0.5, 0.6) is 0 Å². The third kappa shape index (κ3) is 5.18. The number of nitrogens with one attached hydrogen (secondary N) is 1. The minimum absolute atomic E-state index is 0.0588. The second-order valence-corrected chi connectivity index (χ2v) is 7.35. The molecule has 0 aromatic heterocycles. The van der Waals surface area contributed by atoms with E-state index in [4.69, 9.17) is 4.74 Å². The van der Waals surface area contributed by atoms with Gasteiger partial charge in [-0.05, 0) is 62.4 Å². The van der Waals surface area contributed by atoms with Crippen LogP contribution in [0.25, 0.3) is 0 Å². The summed E-state index contributed by atoms with van der Waals surface area (Å²) >= 11 is 0. The molecular weight excluding hydrogens is 336 g/mol. The molecule has 1 heterocycles. The van der Waals surface area contributed by atoms with Gasteiger partial charge < -0.3 is 10.1 Å². The van der Waals surface area contributed by atoms with Crippen molar-refractivity contribution in [2.24, 2.45) is 0 Å². The summed E-state index contributed by atoms with van der Waals surface area (Å²) < 4.78 is 5.72. The van der Waals surface area contributed by atoms with Crippen molar-refractivity contribution in [2.75, 3.05) is 25.0 Å². The zero-order valence-corrected chi connectivity index (χ0v) is 16.6. The molecule has 0 bridgehead atoms. The van der Waals surface area contributed by atoms with E-state index in [0.717, 1.165) is 55.9 Å². The number of hydrogen-bond acceptors (Lipinski definition) is 3. The Bertz CT molecular complexity index is 742. The third-order valence-electron chi connectivity index (χ3n) is 5.28. The first-order valence-electron chi connectivity index (χ1n) is 9.87. The van der Waals surface area contributed by atoms with Crippen LogP contribution in [-0.4, -0.2) is 36.6 Å². The number of carbonyl (C=O) groups is 1. The Morgan fingerprint density at radius 3 is 2.30 bits per heavy atom. The van der Waals surface area contributed by atoms with Crippen LogP contribution in [0.15, 0.2) is 42.5 Å². The van der Waals surface area contributed by atoms with Crippen molar-refractivity contribution in [3.63, 3.8) is 0 Å². The summed E-state index contributed by atoms with van der Waals surface area (Å²) in [5.41, 5.74) is 5.00. The van der Waals surface area contributed by atoms with Gasteiger partial charge in [-0.1, -0.05) is 30.3 Å². The van der Waals surface area contributed by atoms with Crippen molar-refractivity contribution in [3.8, 4) is 0 Å². The van der Waals surface area contributed by atoms with Crippen LogP contribution in [0.1, 0.15) is 46.8 Å². The minimum atomic E-state index is -0.0588. The number of ether oxygens (including phenoxy) is 1. The van der Waals surface area contributed by atoms with Gasteiger partial charge in [0.25, 0.3) is 5.91 Å². The number of carbonyl (C=O) groups excluding carboxylic acids is 1. The molecule has 4 heteroatoms. The predicted octanol–water partition coefficient (Wildman–Crippen LogP) is 4.56. The molecule has 144 valence electrons. The lowest BCUT2D eigenvalue weighted by Gasteiger charge is -2.31. The molecule has 0 saturated carbocycles. The molecule has 2 aromatic carbocycles. The second-order valence-electron chi connectivity index (χ2n) is 7.35. The van der Waals surface area contributed by atoms with Crippen LogP contribution in [-0.2, 0) is 11.3 Å². The first-order valence-corrected chi connectivity index (χ1v) is 9.87. The normalized spacial score (nSPS) is 15.7. The first-order chi connectivity index (χ1) is 13.1. The number of rotatable bonds is 6. The fourth-order valence-electron chi connectivity index (χ4n) is 3.69. The lowest BCUT2D eigenvalue weighted by molar-refractivity contribution is 0.0125. The summed E-state index contributed by atoms with van der Waals surface area (Å²) in [7, 11) is 0. The van der Waals surface area contributed by atoms with Crippen molar-refractivity contribution in [3.05, 3.63) is 64.7 Å². The number of nitrogens with zero attached hydrogens (tertiary/aromatic N) is 1. The molecule has 2 aromatic rings. The molecule has 1 fully saturated rings. The lowest BCUT2D eigenvalue weighted by atomic mass is 10.1. The largest absolute Gasteiger partial charge is 0.378 e. The fourth-order valence-corrected chi connectivity index (χ4v) is 3.69. The van der Waals surface area contributed by atoms with Gasteiger partial charge >= 0.3 is 0 Å². The number of anilines is 1. The Kier molecular flexibility index (Phi) is 6.64. The molecule has 0 atom stereocenters. The maximum atomic E-state index is 12.6. The lowest BCUT2D eigenvalue weighted by Crippen LogP contribution is -2.36. The average Bonchev–Trinajstić information content (AvgIpc) is 2.67. The van der Waals surface area contributed by atoms with E-state index < -0.39 is 0 Å². The van der Waals surface area contributed by atoms with Crippen molar-refractivity contribution >= 4 is 11.6 Å². The van der Waals surface area contributed by atoms with Gasteiger partial charge in [0, 0.05) is 37.5 Å². The van der Waals surface area contributed by atoms with E-state index in [1.54, 1.807) is 0 Å². The van der Waals surface area contributed by atoms with E-state index in [0.29, 0.717) is 11.7 Å². The summed E-state index contributed by atoms with van der Waals surface area (Å²) in [6.45, 7) is 9.96. The second kappa shape index (κ2) is 9.16. The molecule has 1 saturated heterocycles. The van der Waals surface area contributed by atoms with E-state index in [1.165, 1.54) is 5.56 Å². The third-order valence-corrected chi connectivity index (χ3v) is 5.28. The van der Waals surface area contributed by atoms with Crippen LogP contribution in [0.3, 0.4) is 0 Å². The molecular formula is C23H30N2O2. The molecule has 1 aliphatic rings. The van der Waals surface area contributed by atoms with E-state index in [-0.39, 0.29) is 5.91 Å².